The van der Waals surface area contributed by atoms with Gasteiger partial charge < -0.3 is 35.6 Å². The highest BCUT2D eigenvalue weighted by Gasteiger charge is 2.45. The predicted molar refractivity (Wildman–Crippen MR) is 96.8 cm³/mol. The molecule has 12 heteroatoms. The molecule has 1 fully saturated rings. The van der Waals surface area contributed by atoms with E-state index in [1.165, 1.54) is 6.42 Å². The molecule has 2 unspecified atom stereocenters. The maximum Gasteiger partial charge on any atom is 0.352 e. The van der Waals surface area contributed by atoms with Gasteiger partial charge in [0.05, 0.1) is 18.7 Å². The molecule has 2 atom stereocenters. The van der Waals surface area contributed by atoms with E-state index in [9.17, 15) is 24.6 Å². The van der Waals surface area contributed by atoms with Crippen LogP contribution < -0.4 is 17.0 Å². The van der Waals surface area contributed by atoms with Crippen LogP contribution in [0.2, 0.25) is 0 Å². The second kappa shape index (κ2) is 12.4. The van der Waals surface area contributed by atoms with Crippen LogP contribution in [0.1, 0.15) is 44.9 Å². The molecular formula is C16H29N3O9. The number of aliphatic hydroxyl groups is 4. The second-order valence-electron chi connectivity index (χ2n) is 5.68. The molecule has 0 saturated carbocycles. The fourth-order valence-corrected chi connectivity index (χ4v) is 2.23. The van der Waals surface area contributed by atoms with Crippen LogP contribution in [0.3, 0.4) is 0 Å². The number of carbonyl (C=O) groups is 1. The number of rotatable bonds is 5. The van der Waals surface area contributed by atoms with Crippen LogP contribution in [0.15, 0.2) is 15.8 Å². The molecule has 1 aliphatic heterocycles. The maximum atomic E-state index is 11.8. The van der Waals surface area contributed by atoms with Crippen molar-refractivity contribution in [1.82, 2.24) is 9.55 Å². The Balaban J connectivity index is 0.00000133. The summed E-state index contributed by atoms with van der Waals surface area (Å²) in [5.74, 6) is -3.93. The zero-order valence-corrected chi connectivity index (χ0v) is 16.1. The highest BCUT2D eigenvalue weighted by molar-refractivity contribution is 5.71. The van der Waals surface area contributed by atoms with Crippen LogP contribution in [0, 0.1) is 0 Å². The van der Waals surface area contributed by atoms with Crippen molar-refractivity contribution in [2.24, 2.45) is 5.73 Å². The number of aromatic nitrogens is 2. The van der Waals surface area contributed by atoms with Crippen molar-refractivity contribution in [1.29, 1.82) is 0 Å². The Morgan fingerprint density at radius 1 is 1.36 bits per heavy atom. The Hall–Kier alpha value is -2.09. The van der Waals surface area contributed by atoms with Gasteiger partial charge in [0.1, 0.15) is 6.23 Å². The molecule has 0 radical (unpaired) electrons. The lowest BCUT2D eigenvalue weighted by atomic mass is 10.2. The molecule has 162 valence electrons. The lowest BCUT2D eigenvalue weighted by molar-refractivity contribution is -0.362. The first-order valence-corrected chi connectivity index (χ1v) is 8.62. The summed E-state index contributed by atoms with van der Waals surface area (Å²) in [6.45, 7) is 3.13. The van der Waals surface area contributed by atoms with E-state index in [0.29, 0.717) is 0 Å². The SMILES string of the molecule is CCC.CO.NCC(=O)OC(O)(O)C1CCC(n2cc(CO)c(=O)[nH]c2=O)O1. The molecule has 28 heavy (non-hydrogen) atoms. The molecule has 0 bridgehead atoms. The van der Waals surface area contributed by atoms with E-state index in [-0.39, 0.29) is 18.4 Å². The van der Waals surface area contributed by atoms with Gasteiger partial charge in [0.15, 0.2) is 6.10 Å². The third-order valence-electron chi connectivity index (χ3n) is 3.37. The lowest BCUT2D eigenvalue weighted by Gasteiger charge is -2.27. The molecule has 7 N–H and O–H groups in total. The monoisotopic (exact) mass is 407 g/mol. The van der Waals surface area contributed by atoms with Crippen molar-refractivity contribution < 1.29 is 34.7 Å². The standard InChI is InChI=1S/C12H17N3O8.C3H8.CH4O/c13-3-9(17)23-12(20,21)7-1-2-8(22-7)15-4-6(5-16)10(18)14-11(15)19;1-3-2;1-2/h4,7-8,16,20-21H,1-3,5,13H2,(H,14,18,19);3H2,1-2H3;2H,1H3. The fourth-order valence-electron chi connectivity index (χ4n) is 2.23. The largest absolute Gasteiger partial charge is 0.405 e. The number of hydrogen-bond acceptors (Lipinski definition) is 10. The van der Waals surface area contributed by atoms with Gasteiger partial charge in [-0.15, -0.1) is 0 Å². The van der Waals surface area contributed by atoms with Crippen LogP contribution in [-0.2, 0) is 20.9 Å². The van der Waals surface area contributed by atoms with E-state index in [0.717, 1.165) is 17.9 Å². The quantitative estimate of drug-likeness (QED) is 0.231. The smallest absolute Gasteiger partial charge is 0.352 e. The van der Waals surface area contributed by atoms with Gasteiger partial charge in [0.2, 0.25) is 0 Å². The van der Waals surface area contributed by atoms with Gasteiger partial charge in [0, 0.05) is 13.3 Å². The number of nitrogens with zero attached hydrogens (tertiary/aromatic N) is 1. The summed E-state index contributed by atoms with van der Waals surface area (Å²) in [5.41, 5.74) is 3.47. The van der Waals surface area contributed by atoms with Gasteiger partial charge in [-0.2, -0.15) is 0 Å². The molecule has 2 heterocycles. The minimum absolute atomic E-state index is 0.0505. The van der Waals surface area contributed by atoms with E-state index in [1.807, 2.05) is 4.98 Å². The van der Waals surface area contributed by atoms with Crippen LogP contribution in [0.5, 0.6) is 0 Å². The summed E-state index contributed by atoms with van der Waals surface area (Å²) < 4.78 is 10.7. The van der Waals surface area contributed by atoms with E-state index in [4.69, 9.17) is 20.7 Å². The zero-order valence-electron chi connectivity index (χ0n) is 16.1. The van der Waals surface area contributed by atoms with E-state index < -0.39 is 48.7 Å². The predicted octanol–water partition coefficient (Wildman–Crippen LogP) is -2.13. The van der Waals surface area contributed by atoms with Crippen molar-refractivity contribution in [2.45, 2.75) is 58.0 Å². The van der Waals surface area contributed by atoms with Gasteiger partial charge in [-0.05, 0) is 12.8 Å². The third kappa shape index (κ3) is 7.14. The minimum atomic E-state index is -2.89. The van der Waals surface area contributed by atoms with Crippen LogP contribution >= 0.6 is 0 Å². The number of aromatic amines is 1. The summed E-state index contributed by atoms with van der Waals surface area (Å²) in [6.07, 6.45) is 0.390. The van der Waals surface area contributed by atoms with Gasteiger partial charge in [0.25, 0.3) is 5.56 Å². The van der Waals surface area contributed by atoms with Gasteiger partial charge >= 0.3 is 17.6 Å². The molecule has 1 aliphatic rings. The van der Waals surface area contributed by atoms with E-state index in [2.05, 4.69) is 18.6 Å². The molecular weight excluding hydrogens is 378 g/mol. The number of esters is 1. The second-order valence-corrected chi connectivity index (χ2v) is 5.68. The zero-order chi connectivity index (χ0) is 21.9. The van der Waals surface area contributed by atoms with Crippen LogP contribution in [0.25, 0.3) is 0 Å². The molecule has 0 aliphatic carbocycles. The summed E-state index contributed by atoms with van der Waals surface area (Å²) in [4.78, 5) is 36.3. The lowest BCUT2D eigenvalue weighted by Crippen LogP contribution is -2.47. The molecule has 1 aromatic rings. The molecule has 0 spiro atoms. The van der Waals surface area contributed by atoms with E-state index in [1.54, 1.807) is 0 Å². The van der Waals surface area contributed by atoms with Crippen molar-refractivity contribution in [3.05, 3.63) is 32.6 Å². The third-order valence-corrected chi connectivity index (χ3v) is 3.37. The number of carbonyl (C=O) groups excluding carboxylic acids is 1. The summed E-state index contributed by atoms with van der Waals surface area (Å²) in [7, 11) is 1.00. The first-order valence-electron chi connectivity index (χ1n) is 8.62. The summed E-state index contributed by atoms with van der Waals surface area (Å²) in [6, 6.07) is 0. The maximum absolute atomic E-state index is 11.8. The number of nitrogens with two attached hydrogens (primary N) is 1. The summed E-state index contributed by atoms with van der Waals surface area (Å²) >= 11 is 0. The first kappa shape index (κ1) is 25.9. The van der Waals surface area contributed by atoms with Gasteiger partial charge in [-0.25, -0.2) is 4.79 Å². The Morgan fingerprint density at radius 3 is 2.43 bits per heavy atom. The molecule has 0 amide bonds. The molecule has 1 saturated heterocycles. The van der Waals surface area contributed by atoms with Crippen molar-refractivity contribution in [2.75, 3.05) is 13.7 Å². The average molecular weight is 407 g/mol. The van der Waals surface area contributed by atoms with Crippen LogP contribution in [-0.4, -0.2) is 61.7 Å². The number of hydrogen-bond donors (Lipinski definition) is 6. The van der Waals surface area contributed by atoms with Crippen molar-refractivity contribution in [3.63, 3.8) is 0 Å². The summed E-state index contributed by atoms with van der Waals surface area (Å²) in [5, 5.41) is 35.5. The van der Waals surface area contributed by atoms with E-state index >= 15 is 0 Å². The first-order chi connectivity index (χ1) is 13.2. The van der Waals surface area contributed by atoms with Crippen LogP contribution in [0.4, 0.5) is 0 Å². The Morgan fingerprint density at radius 2 is 1.93 bits per heavy atom. The fraction of sp³-hybridized carbons (Fsp3) is 0.688. The van der Waals surface area contributed by atoms with Crippen molar-refractivity contribution >= 4 is 5.97 Å². The highest BCUT2D eigenvalue weighted by atomic mass is 16.8. The van der Waals surface area contributed by atoms with Crippen molar-refractivity contribution in [3.8, 4) is 0 Å². The number of ether oxygens (including phenoxy) is 2. The molecule has 0 aromatic carbocycles. The number of H-pyrrole nitrogens is 1. The highest BCUT2D eigenvalue weighted by Crippen LogP contribution is 2.32. The molecule has 2 rings (SSSR count). The Labute approximate surface area is 161 Å². The number of nitrogens with one attached hydrogen (secondary N) is 1. The normalized spacial score (nSPS) is 18.4. The number of aliphatic hydroxyl groups excluding tert-OH is 2. The Kier molecular flexibility index (Phi) is 11.5. The molecule has 1 aromatic heterocycles. The molecule has 12 nitrogen and oxygen atoms in total. The topological polar surface area (TPSA) is 197 Å². The minimum Gasteiger partial charge on any atom is -0.405 e. The Bertz CT molecular complexity index is 714. The van der Waals surface area contributed by atoms with Gasteiger partial charge in [-0.1, -0.05) is 20.3 Å². The van der Waals surface area contributed by atoms with Gasteiger partial charge in [-0.3, -0.25) is 19.1 Å². The average Bonchev–Trinajstić information content (AvgIpc) is 3.14.